The zero-order chi connectivity index (χ0) is 15.2. The van der Waals surface area contributed by atoms with Gasteiger partial charge in [0.05, 0.1) is 6.61 Å². The molecule has 114 valence electrons. The van der Waals surface area contributed by atoms with E-state index in [1.807, 2.05) is 31.2 Å². The Kier molecular flexibility index (Phi) is 5.20. The fourth-order valence-corrected chi connectivity index (χ4v) is 2.51. The van der Waals surface area contributed by atoms with Crippen molar-refractivity contribution in [1.29, 1.82) is 0 Å². The van der Waals surface area contributed by atoms with Crippen LogP contribution in [0.1, 0.15) is 31.2 Å². The number of likely N-dealkylation sites (tertiary alicyclic amines) is 1. The van der Waals surface area contributed by atoms with E-state index in [0.29, 0.717) is 32.4 Å². The van der Waals surface area contributed by atoms with Gasteiger partial charge in [0.15, 0.2) is 0 Å². The van der Waals surface area contributed by atoms with Crippen molar-refractivity contribution in [3.63, 3.8) is 0 Å². The van der Waals surface area contributed by atoms with Crippen molar-refractivity contribution in [2.45, 2.75) is 38.6 Å². The van der Waals surface area contributed by atoms with Gasteiger partial charge in [-0.2, -0.15) is 0 Å². The van der Waals surface area contributed by atoms with Gasteiger partial charge in [-0.15, -0.1) is 0 Å². The van der Waals surface area contributed by atoms with Crippen LogP contribution in [0.3, 0.4) is 0 Å². The number of amides is 1. The minimum Gasteiger partial charge on any atom is -0.494 e. The molecule has 5 nitrogen and oxygen atoms in total. The van der Waals surface area contributed by atoms with E-state index in [0.717, 1.165) is 12.2 Å². The lowest BCUT2D eigenvalue weighted by atomic mass is 10.2. The molecule has 0 unspecified atom stereocenters. The van der Waals surface area contributed by atoms with E-state index in [2.05, 4.69) is 0 Å². The van der Waals surface area contributed by atoms with E-state index < -0.39 is 12.0 Å². The summed E-state index contributed by atoms with van der Waals surface area (Å²) in [4.78, 5) is 24.5. The van der Waals surface area contributed by atoms with Crippen molar-refractivity contribution < 1.29 is 19.4 Å². The van der Waals surface area contributed by atoms with Crippen molar-refractivity contribution >= 4 is 11.9 Å². The van der Waals surface area contributed by atoms with Crippen LogP contribution in [0.25, 0.3) is 0 Å². The van der Waals surface area contributed by atoms with Gasteiger partial charge >= 0.3 is 5.97 Å². The van der Waals surface area contributed by atoms with Crippen molar-refractivity contribution in [3.05, 3.63) is 29.8 Å². The van der Waals surface area contributed by atoms with E-state index in [1.165, 1.54) is 10.5 Å². The van der Waals surface area contributed by atoms with E-state index in [1.54, 1.807) is 0 Å². The zero-order valence-corrected chi connectivity index (χ0v) is 12.2. The molecular weight excluding hydrogens is 270 g/mol. The number of benzene rings is 1. The number of carbonyl (C=O) groups excluding carboxylic acids is 1. The number of hydrogen-bond acceptors (Lipinski definition) is 3. The first-order valence-electron chi connectivity index (χ1n) is 7.29. The molecule has 1 heterocycles. The largest absolute Gasteiger partial charge is 0.494 e. The number of nitrogens with zero attached hydrogens (tertiary/aromatic N) is 1. The molecular formula is C16H21NO4. The summed E-state index contributed by atoms with van der Waals surface area (Å²) in [5, 5.41) is 9.06. The Morgan fingerprint density at radius 2 is 2.05 bits per heavy atom. The number of carboxylic acids is 1. The minimum atomic E-state index is -0.906. The SMILES string of the molecule is Cc1ccc(OCCCC(=O)N2CCC[C@H]2C(=O)O)cc1. The lowest BCUT2D eigenvalue weighted by Gasteiger charge is -2.21. The minimum absolute atomic E-state index is 0.0904. The summed E-state index contributed by atoms with van der Waals surface area (Å²) in [6, 6.07) is 7.11. The summed E-state index contributed by atoms with van der Waals surface area (Å²) < 4.78 is 5.56. The lowest BCUT2D eigenvalue weighted by Crippen LogP contribution is -2.40. The molecule has 1 aromatic carbocycles. The second-order valence-electron chi connectivity index (χ2n) is 5.35. The first-order valence-corrected chi connectivity index (χ1v) is 7.29. The van der Waals surface area contributed by atoms with Crippen LogP contribution >= 0.6 is 0 Å². The fraction of sp³-hybridized carbons (Fsp3) is 0.500. The first-order chi connectivity index (χ1) is 10.1. The predicted molar refractivity (Wildman–Crippen MR) is 78.3 cm³/mol. The van der Waals surface area contributed by atoms with Crippen LogP contribution < -0.4 is 4.74 Å². The van der Waals surface area contributed by atoms with Crippen LogP contribution in [0, 0.1) is 6.92 Å². The van der Waals surface area contributed by atoms with Gasteiger partial charge in [-0.25, -0.2) is 4.79 Å². The summed E-state index contributed by atoms with van der Waals surface area (Å²) in [5.74, 6) is -0.207. The van der Waals surface area contributed by atoms with Gasteiger partial charge < -0.3 is 14.7 Å². The maximum atomic E-state index is 12.0. The Balaban J connectivity index is 1.72. The third kappa shape index (κ3) is 4.21. The van der Waals surface area contributed by atoms with Crippen molar-refractivity contribution in [1.82, 2.24) is 4.90 Å². The first kappa shape index (κ1) is 15.4. The fourth-order valence-electron chi connectivity index (χ4n) is 2.51. The number of aryl methyl sites for hydroxylation is 1. The summed E-state index contributed by atoms with van der Waals surface area (Å²) in [6.45, 7) is 3.02. The van der Waals surface area contributed by atoms with Gasteiger partial charge in [-0.05, 0) is 38.3 Å². The average molecular weight is 291 g/mol. The van der Waals surface area contributed by atoms with Gasteiger partial charge in [-0.1, -0.05) is 17.7 Å². The van der Waals surface area contributed by atoms with Gasteiger partial charge in [0.2, 0.25) is 5.91 Å². The number of carboxylic acid groups (broad SMARTS) is 1. The van der Waals surface area contributed by atoms with Crippen LogP contribution in [0.4, 0.5) is 0 Å². The normalized spacial score (nSPS) is 17.8. The monoisotopic (exact) mass is 291 g/mol. The number of hydrogen-bond donors (Lipinski definition) is 1. The molecule has 1 aromatic rings. The highest BCUT2D eigenvalue weighted by molar-refractivity contribution is 5.84. The summed E-state index contributed by atoms with van der Waals surface area (Å²) >= 11 is 0. The maximum absolute atomic E-state index is 12.0. The number of aliphatic carboxylic acids is 1. The van der Waals surface area contributed by atoms with Crippen LogP contribution in [-0.2, 0) is 9.59 Å². The summed E-state index contributed by atoms with van der Waals surface area (Å²) in [5.41, 5.74) is 1.17. The smallest absolute Gasteiger partial charge is 0.326 e. The van der Waals surface area contributed by atoms with E-state index in [4.69, 9.17) is 9.84 Å². The Morgan fingerprint density at radius 1 is 1.33 bits per heavy atom. The third-order valence-corrected chi connectivity index (χ3v) is 3.68. The molecule has 0 aromatic heterocycles. The second kappa shape index (κ2) is 7.11. The molecule has 1 atom stereocenters. The van der Waals surface area contributed by atoms with Crippen LogP contribution in [-0.4, -0.2) is 41.1 Å². The Labute approximate surface area is 124 Å². The van der Waals surface area contributed by atoms with Gasteiger partial charge in [0.25, 0.3) is 0 Å². The third-order valence-electron chi connectivity index (χ3n) is 3.68. The average Bonchev–Trinajstić information content (AvgIpc) is 2.95. The molecule has 1 amide bonds. The predicted octanol–water partition coefficient (Wildman–Crippen LogP) is 2.23. The summed E-state index contributed by atoms with van der Waals surface area (Å²) in [7, 11) is 0. The molecule has 1 aliphatic heterocycles. The lowest BCUT2D eigenvalue weighted by molar-refractivity contribution is -0.148. The Hall–Kier alpha value is -2.04. The molecule has 0 saturated carbocycles. The highest BCUT2D eigenvalue weighted by Crippen LogP contribution is 2.19. The topological polar surface area (TPSA) is 66.8 Å². The molecule has 1 aliphatic rings. The molecule has 0 bridgehead atoms. The van der Waals surface area contributed by atoms with Crippen LogP contribution in [0.15, 0.2) is 24.3 Å². The highest BCUT2D eigenvalue weighted by Gasteiger charge is 2.33. The molecule has 0 radical (unpaired) electrons. The van der Waals surface area contributed by atoms with Crippen molar-refractivity contribution in [3.8, 4) is 5.75 Å². The van der Waals surface area contributed by atoms with Crippen LogP contribution in [0.5, 0.6) is 5.75 Å². The van der Waals surface area contributed by atoms with E-state index >= 15 is 0 Å². The second-order valence-corrected chi connectivity index (χ2v) is 5.35. The quantitative estimate of drug-likeness (QED) is 0.816. The Bertz CT molecular complexity index is 498. The molecule has 2 rings (SSSR count). The molecule has 0 spiro atoms. The van der Waals surface area contributed by atoms with Gasteiger partial charge in [0, 0.05) is 13.0 Å². The number of ether oxygens (including phenoxy) is 1. The molecule has 1 saturated heterocycles. The van der Waals surface area contributed by atoms with Gasteiger partial charge in [-0.3, -0.25) is 4.79 Å². The molecule has 1 fully saturated rings. The van der Waals surface area contributed by atoms with E-state index in [-0.39, 0.29) is 5.91 Å². The maximum Gasteiger partial charge on any atom is 0.326 e. The van der Waals surface area contributed by atoms with Crippen molar-refractivity contribution in [2.24, 2.45) is 0 Å². The summed E-state index contributed by atoms with van der Waals surface area (Å²) in [6.07, 6.45) is 2.24. The molecule has 5 heteroatoms. The number of rotatable bonds is 6. The molecule has 0 aliphatic carbocycles. The van der Waals surface area contributed by atoms with Crippen LogP contribution in [0.2, 0.25) is 0 Å². The van der Waals surface area contributed by atoms with E-state index in [9.17, 15) is 9.59 Å². The van der Waals surface area contributed by atoms with Gasteiger partial charge in [0.1, 0.15) is 11.8 Å². The molecule has 1 N–H and O–H groups in total. The standard InChI is InChI=1S/C16H21NO4/c1-12-6-8-13(9-7-12)21-11-3-5-15(18)17-10-2-4-14(17)16(19)20/h6-9,14H,2-5,10-11H2,1H3,(H,19,20)/t14-/m0/s1. The molecule has 21 heavy (non-hydrogen) atoms. The highest BCUT2D eigenvalue weighted by atomic mass is 16.5. The number of carbonyl (C=O) groups is 2. The van der Waals surface area contributed by atoms with Crippen molar-refractivity contribution in [2.75, 3.05) is 13.2 Å². The zero-order valence-electron chi connectivity index (χ0n) is 12.2. The Morgan fingerprint density at radius 3 is 2.71 bits per heavy atom.